The minimum atomic E-state index is -0.422. The van der Waals surface area contributed by atoms with Crippen molar-refractivity contribution in [2.75, 3.05) is 0 Å². The smallest absolute Gasteiger partial charge is 0.126 e. The lowest BCUT2D eigenvalue weighted by Gasteiger charge is -2.24. The molecular weight excluding hydrogens is 162 g/mol. The van der Waals surface area contributed by atoms with Crippen LogP contribution >= 0.6 is 0 Å². The lowest BCUT2D eigenvalue weighted by atomic mass is 9.64. The summed E-state index contributed by atoms with van der Waals surface area (Å²) in [6, 6.07) is 5.19. The highest BCUT2D eigenvalue weighted by Gasteiger charge is 2.17. The summed E-state index contributed by atoms with van der Waals surface area (Å²) in [7, 11) is 5.99. The molecular formula is C11H14BF. The Morgan fingerprint density at radius 1 is 1.46 bits per heavy atom. The monoisotopic (exact) mass is 176 g/mol. The zero-order chi connectivity index (χ0) is 10.1. The van der Waals surface area contributed by atoms with Crippen LogP contribution in [0.3, 0.4) is 0 Å². The van der Waals surface area contributed by atoms with Crippen LogP contribution in [0.2, 0.25) is 0 Å². The summed E-state index contributed by atoms with van der Waals surface area (Å²) >= 11 is 0. The molecule has 0 aliphatic carbocycles. The first-order valence-electron chi connectivity index (χ1n) is 4.53. The number of halogens is 1. The summed E-state index contributed by atoms with van der Waals surface area (Å²) in [5, 5.41) is -0.422. The van der Waals surface area contributed by atoms with Crippen LogP contribution in [0.5, 0.6) is 0 Å². The van der Waals surface area contributed by atoms with Crippen molar-refractivity contribution in [3.05, 3.63) is 35.1 Å². The van der Waals surface area contributed by atoms with Crippen molar-refractivity contribution in [1.82, 2.24) is 0 Å². The molecule has 0 amide bonds. The molecule has 0 aliphatic rings. The highest BCUT2D eigenvalue weighted by Crippen LogP contribution is 2.24. The van der Waals surface area contributed by atoms with E-state index in [1.54, 1.807) is 13.0 Å². The van der Waals surface area contributed by atoms with Crippen LogP contribution in [-0.2, 0) is 5.31 Å². The molecule has 1 aromatic carbocycles. The number of benzene rings is 1. The Hall–Kier alpha value is -0.785. The molecule has 1 unspecified atom stereocenters. The standard InChI is InChI=1S/C11H14BF/c1-4-11(3,12)9-6-5-8(2)10(13)7-9/h5-7H,4H2,1-3H3. The fourth-order valence-corrected chi connectivity index (χ4v) is 1.15. The first-order valence-corrected chi connectivity index (χ1v) is 4.53. The van der Waals surface area contributed by atoms with Crippen LogP contribution in [0.25, 0.3) is 0 Å². The third-order valence-electron chi connectivity index (χ3n) is 2.57. The molecule has 2 heteroatoms. The van der Waals surface area contributed by atoms with Gasteiger partial charge in [-0.3, -0.25) is 0 Å². The average molecular weight is 176 g/mol. The van der Waals surface area contributed by atoms with Crippen molar-refractivity contribution in [3.63, 3.8) is 0 Å². The van der Waals surface area contributed by atoms with E-state index in [9.17, 15) is 4.39 Å². The summed E-state index contributed by atoms with van der Waals surface area (Å²) < 4.78 is 13.2. The van der Waals surface area contributed by atoms with Gasteiger partial charge >= 0.3 is 0 Å². The summed E-state index contributed by atoms with van der Waals surface area (Å²) in [5.74, 6) is -0.178. The summed E-state index contributed by atoms with van der Waals surface area (Å²) in [6.45, 7) is 5.66. The van der Waals surface area contributed by atoms with Gasteiger partial charge in [0.05, 0.1) is 7.85 Å². The quantitative estimate of drug-likeness (QED) is 0.607. The largest absolute Gasteiger partial charge is 0.207 e. The summed E-state index contributed by atoms with van der Waals surface area (Å²) in [5.41, 5.74) is 1.52. The number of hydrogen-bond donors (Lipinski definition) is 0. The molecule has 68 valence electrons. The van der Waals surface area contributed by atoms with Crippen molar-refractivity contribution >= 4 is 7.85 Å². The van der Waals surface area contributed by atoms with E-state index in [1.807, 2.05) is 19.9 Å². The minimum Gasteiger partial charge on any atom is -0.207 e. The first-order chi connectivity index (χ1) is 5.97. The molecule has 0 saturated heterocycles. The van der Waals surface area contributed by atoms with Gasteiger partial charge in [0.2, 0.25) is 0 Å². The van der Waals surface area contributed by atoms with Gasteiger partial charge in [-0.2, -0.15) is 0 Å². The first kappa shape index (κ1) is 10.3. The fraction of sp³-hybridized carbons (Fsp3) is 0.455. The maximum Gasteiger partial charge on any atom is 0.126 e. The molecule has 0 aromatic heterocycles. The molecule has 1 aromatic rings. The SMILES string of the molecule is [B]C(C)(CC)c1ccc(C)c(F)c1. The van der Waals surface area contributed by atoms with Crippen LogP contribution in [0.1, 0.15) is 31.4 Å². The Bertz CT molecular complexity index is 305. The second kappa shape index (κ2) is 3.53. The molecule has 1 rings (SSSR count). The third-order valence-corrected chi connectivity index (χ3v) is 2.57. The second-order valence-corrected chi connectivity index (χ2v) is 3.73. The minimum absolute atomic E-state index is 0.178. The van der Waals surface area contributed by atoms with Crippen LogP contribution in [0.4, 0.5) is 4.39 Å². The van der Waals surface area contributed by atoms with E-state index < -0.39 is 5.31 Å². The molecule has 0 aliphatic heterocycles. The lowest BCUT2D eigenvalue weighted by Crippen LogP contribution is -2.20. The zero-order valence-electron chi connectivity index (χ0n) is 8.39. The van der Waals surface area contributed by atoms with Gasteiger partial charge in [0, 0.05) is 0 Å². The van der Waals surface area contributed by atoms with E-state index in [2.05, 4.69) is 0 Å². The van der Waals surface area contributed by atoms with E-state index >= 15 is 0 Å². The summed E-state index contributed by atoms with van der Waals surface area (Å²) in [6.07, 6.45) is 0.801. The van der Waals surface area contributed by atoms with Crippen LogP contribution in [-0.4, -0.2) is 7.85 Å². The average Bonchev–Trinajstić information content (AvgIpc) is 2.09. The molecule has 0 heterocycles. The van der Waals surface area contributed by atoms with Gasteiger partial charge in [-0.05, 0) is 29.4 Å². The third kappa shape index (κ3) is 2.12. The van der Waals surface area contributed by atoms with E-state index in [4.69, 9.17) is 7.85 Å². The molecule has 0 bridgehead atoms. The number of aryl methyl sites for hydroxylation is 1. The molecule has 13 heavy (non-hydrogen) atoms. The van der Waals surface area contributed by atoms with E-state index in [0.717, 1.165) is 12.0 Å². The van der Waals surface area contributed by atoms with Crippen LogP contribution < -0.4 is 0 Å². The lowest BCUT2D eigenvalue weighted by molar-refractivity contribution is 0.599. The van der Waals surface area contributed by atoms with Crippen molar-refractivity contribution in [3.8, 4) is 0 Å². The molecule has 0 saturated carbocycles. The highest BCUT2D eigenvalue weighted by molar-refractivity contribution is 6.15. The van der Waals surface area contributed by atoms with E-state index in [0.29, 0.717) is 5.56 Å². The van der Waals surface area contributed by atoms with Crippen LogP contribution in [0, 0.1) is 12.7 Å². The van der Waals surface area contributed by atoms with Crippen molar-refractivity contribution in [1.29, 1.82) is 0 Å². The number of rotatable bonds is 2. The molecule has 1 atom stereocenters. The maximum absolute atomic E-state index is 13.2. The Balaban J connectivity index is 3.10. The van der Waals surface area contributed by atoms with Gasteiger partial charge in [0.25, 0.3) is 0 Å². The van der Waals surface area contributed by atoms with Crippen molar-refractivity contribution in [2.45, 2.75) is 32.5 Å². The fourth-order valence-electron chi connectivity index (χ4n) is 1.15. The number of hydrogen-bond acceptors (Lipinski definition) is 0. The Morgan fingerprint density at radius 2 is 2.08 bits per heavy atom. The highest BCUT2D eigenvalue weighted by atomic mass is 19.1. The van der Waals surface area contributed by atoms with Crippen molar-refractivity contribution in [2.24, 2.45) is 0 Å². The van der Waals surface area contributed by atoms with Gasteiger partial charge < -0.3 is 0 Å². The van der Waals surface area contributed by atoms with E-state index in [1.165, 1.54) is 6.07 Å². The summed E-state index contributed by atoms with van der Waals surface area (Å²) in [4.78, 5) is 0. The second-order valence-electron chi connectivity index (χ2n) is 3.73. The maximum atomic E-state index is 13.2. The Kier molecular flexibility index (Phi) is 2.79. The molecule has 0 fully saturated rings. The van der Waals surface area contributed by atoms with Gasteiger partial charge in [0.1, 0.15) is 5.82 Å². The molecule has 0 spiro atoms. The van der Waals surface area contributed by atoms with Gasteiger partial charge in [-0.15, -0.1) is 0 Å². The van der Waals surface area contributed by atoms with Gasteiger partial charge in [-0.25, -0.2) is 4.39 Å². The van der Waals surface area contributed by atoms with E-state index in [-0.39, 0.29) is 5.82 Å². The predicted molar refractivity (Wildman–Crippen MR) is 54.5 cm³/mol. The zero-order valence-corrected chi connectivity index (χ0v) is 8.39. The molecule has 0 nitrogen and oxygen atoms in total. The topological polar surface area (TPSA) is 0 Å². The predicted octanol–water partition coefficient (Wildman–Crippen LogP) is 2.93. The van der Waals surface area contributed by atoms with Crippen molar-refractivity contribution < 1.29 is 4.39 Å². The van der Waals surface area contributed by atoms with Gasteiger partial charge in [-0.1, -0.05) is 32.4 Å². The Morgan fingerprint density at radius 3 is 2.54 bits per heavy atom. The van der Waals surface area contributed by atoms with Gasteiger partial charge in [0.15, 0.2) is 0 Å². The Labute approximate surface area is 80.6 Å². The molecule has 2 radical (unpaired) electrons. The molecule has 0 N–H and O–H groups in total. The normalized spacial score (nSPS) is 15.4. The van der Waals surface area contributed by atoms with Crippen LogP contribution in [0.15, 0.2) is 18.2 Å².